The zero-order chi connectivity index (χ0) is 24.7. The number of hydrogen-bond acceptors (Lipinski definition) is 4. The van der Waals surface area contributed by atoms with Crippen molar-refractivity contribution in [2.45, 2.75) is 50.7 Å². The molecule has 0 bridgehead atoms. The number of rotatable bonds is 4. The number of piperidine rings is 2. The molecule has 1 unspecified atom stereocenters. The van der Waals surface area contributed by atoms with Crippen molar-refractivity contribution in [2.24, 2.45) is 0 Å². The average molecular weight is 478 g/mol. The van der Waals surface area contributed by atoms with Crippen molar-refractivity contribution in [2.75, 3.05) is 13.1 Å². The van der Waals surface area contributed by atoms with Gasteiger partial charge in [-0.05, 0) is 79.2 Å². The molecule has 0 radical (unpaired) electrons. The minimum atomic E-state index is -0.730. The number of halogens is 2. The molecule has 1 atom stereocenters. The minimum absolute atomic E-state index is 0.0746. The van der Waals surface area contributed by atoms with Crippen molar-refractivity contribution in [1.29, 1.82) is 0 Å². The molecule has 3 aliphatic heterocycles. The van der Waals surface area contributed by atoms with Crippen LogP contribution in [0.2, 0.25) is 0 Å². The van der Waals surface area contributed by atoms with E-state index in [4.69, 9.17) is 6.42 Å². The van der Waals surface area contributed by atoms with Crippen LogP contribution in [0.25, 0.3) is 0 Å². The lowest BCUT2D eigenvalue weighted by molar-refractivity contribution is -0.136. The van der Waals surface area contributed by atoms with E-state index in [2.05, 4.69) is 16.1 Å². The van der Waals surface area contributed by atoms with Crippen LogP contribution < -0.4 is 5.32 Å². The van der Waals surface area contributed by atoms with Gasteiger partial charge >= 0.3 is 0 Å². The van der Waals surface area contributed by atoms with E-state index in [1.165, 1.54) is 29.2 Å². The molecule has 0 spiro atoms. The number of imide groups is 1. The number of nitrogens with one attached hydrogen (secondary N) is 1. The number of likely N-dealkylation sites (tertiary alicyclic amines) is 1. The summed E-state index contributed by atoms with van der Waals surface area (Å²) in [7, 11) is 0. The summed E-state index contributed by atoms with van der Waals surface area (Å²) in [5, 5.41) is 2.29. The summed E-state index contributed by atoms with van der Waals surface area (Å²) in [5.41, 5.74) is 3.32. The van der Waals surface area contributed by atoms with Crippen LogP contribution in [0.5, 0.6) is 0 Å². The molecule has 180 valence electrons. The van der Waals surface area contributed by atoms with Crippen molar-refractivity contribution in [1.82, 2.24) is 15.1 Å². The molecule has 1 N–H and O–H groups in total. The third-order valence-corrected chi connectivity index (χ3v) is 7.30. The van der Waals surface area contributed by atoms with Gasteiger partial charge in [-0.3, -0.25) is 24.6 Å². The number of carbonyl (C=O) groups is 3. The van der Waals surface area contributed by atoms with Gasteiger partial charge < -0.3 is 4.90 Å². The quantitative estimate of drug-likeness (QED) is 0.543. The molecule has 0 aromatic heterocycles. The van der Waals surface area contributed by atoms with Crippen LogP contribution >= 0.6 is 0 Å². The number of benzene rings is 2. The van der Waals surface area contributed by atoms with Crippen molar-refractivity contribution in [3.63, 3.8) is 0 Å². The largest absolute Gasteiger partial charge is 0.322 e. The summed E-state index contributed by atoms with van der Waals surface area (Å²) in [6, 6.07) is 6.51. The van der Waals surface area contributed by atoms with Gasteiger partial charge in [-0.25, -0.2) is 8.78 Å². The lowest BCUT2D eigenvalue weighted by atomic mass is 9.85. The van der Waals surface area contributed by atoms with Crippen LogP contribution in [-0.2, 0) is 22.7 Å². The fourth-order valence-corrected chi connectivity index (χ4v) is 5.48. The number of fused-ring (bicyclic) bond motifs is 1. The average Bonchev–Trinajstić information content (AvgIpc) is 3.16. The van der Waals surface area contributed by atoms with Gasteiger partial charge in [-0.15, -0.1) is 6.42 Å². The highest BCUT2D eigenvalue weighted by Crippen LogP contribution is 2.38. The Bertz CT molecular complexity index is 1260. The summed E-state index contributed by atoms with van der Waals surface area (Å²) in [6.07, 6.45) is 7.52. The summed E-state index contributed by atoms with van der Waals surface area (Å²) < 4.78 is 28.1. The fourth-order valence-electron chi connectivity index (χ4n) is 5.48. The monoisotopic (exact) mass is 477 g/mol. The van der Waals surface area contributed by atoms with Gasteiger partial charge in [0.05, 0.1) is 0 Å². The van der Waals surface area contributed by atoms with E-state index in [1.807, 2.05) is 0 Å². The van der Waals surface area contributed by atoms with Crippen LogP contribution in [0, 0.1) is 24.0 Å². The molecule has 3 amide bonds. The first-order valence-electron chi connectivity index (χ1n) is 11.8. The molecule has 3 aliphatic rings. The molecule has 2 fully saturated rings. The van der Waals surface area contributed by atoms with E-state index in [9.17, 15) is 23.2 Å². The Hall–Kier alpha value is -3.57. The SMILES string of the molecule is C#Cc1cc(F)ccc1CN1CCC(c2cc(F)cc3c2CN(C2CCC(=O)NC2=O)C3=O)CC1. The van der Waals surface area contributed by atoms with Gasteiger partial charge in [0, 0.05) is 30.6 Å². The highest BCUT2D eigenvalue weighted by molar-refractivity contribution is 6.05. The molecule has 2 aromatic rings. The summed E-state index contributed by atoms with van der Waals surface area (Å²) in [6.45, 7) is 2.34. The Balaban J connectivity index is 1.31. The normalized spacial score (nSPS) is 21.1. The predicted molar refractivity (Wildman–Crippen MR) is 124 cm³/mol. The Kier molecular flexibility index (Phi) is 6.12. The Morgan fingerprint density at radius 1 is 1.03 bits per heavy atom. The molecule has 0 saturated carbocycles. The van der Waals surface area contributed by atoms with Gasteiger partial charge in [0.2, 0.25) is 11.8 Å². The lowest BCUT2D eigenvalue weighted by Gasteiger charge is -2.33. The maximum atomic E-state index is 14.6. The molecular formula is C27H25F2N3O3. The highest BCUT2D eigenvalue weighted by Gasteiger charge is 2.41. The van der Waals surface area contributed by atoms with Crippen LogP contribution in [0.1, 0.15) is 64.2 Å². The first kappa shape index (κ1) is 23.2. The maximum absolute atomic E-state index is 14.6. The fraction of sp³-hybridized carbons (Fsp3) is 0.370. The van der Waals surface area contributed by atoms with Gasteiger partial charge in [0.15, 0.2) is 0 Å². The zero-order valence-electron chi connectivity index (χ0n) is 19.2. The molecule has 2 saturated heterocycles. The Morgan fingerprint density at radius 3 is 2.51 bits per heavy atom. The van der Waals surface area contributed by atoms with E-state index < -0.39 is 17.8 Å². The first-order valence-corrected chi connectivity index (χ1v) is 11.8. The van der Waals surface area contributed by atoms with Gasteiger partial charge in [-0.2, -0.15) is 0 Å². The first-order chi connectivity index (χ1) is 16.8. The number of nitrogens with zero attached hydrogens (tertiary/aromatic N) is 2. The predicted octanol–water partition coefficient (Wildman–Crippen LogP) is 3.09. The summed E-state index contributed by atoms with van der Waals surface area (Å²) >= 11 is 0. The molecular weight excluding hydrogens is 452 g/mol. The van der Waals surface area contributed by atoms with Gasteiger partial charge in [-0.1, -0.05) is 12.0 Å². The van der Waals surface area contributed by atoms with Crippen molar-refractivity contribution >= 4 is 17.7 Å². The van der Waals surface area contributed by atoms with E-state index in [0.29, 0.717) is 17.7 Å². The molecule has 35 heavy (non-hydrogen) atoms. The Labute approximate surface area is 202 Å². The third kappa shape index (κ3) is 4.44. The number of hydrogen-bond donors (Lipinski definition) is 1. The Morgan fingerprint density at radius 2 is 1.80 bits per heavy atom. The van der Waals surface area contributed by atoms with Crippen molar-refractivity contribution < 1.29 is 23.2 Å². The molecule has 2 aromatic carbocycles. The smallest absolute Gasteiger partial charge is 0.255 e. The molecule has 0 aliphatic carbocycles. The zero-order valence-corrected chi connectivity index (χ0v) is 19.2. The second kappa shape index (κ2) is 9.23. The van der Waals surface area contributed by atoms with E-state index in [0.717, 1.165) is 42.6 Å². The van der Waals surface area contributed by atoms with Gasteiger partial charge in [0.25, 0.3) is 5.91 Å². The second-order valence-corrected chi connectivity index (χ2v) is 9.42. The topological polar surface area (TPSA) is 69.7 Å². The number of carbonyl (C=O) groups excluding carboxylic acids is 3. The van der Waals surface area contributed by atoms with Crippen LogP contribution in [0.3, 0.4) is 0 Å². The standard InChI is InChI=1S/C27H25F2N3O3/c1-2-16-11-19(28)4-3-18(16)14-31-9-7-17(8-10-31)21-12-20(29)13-22-23(21)15-32(27(22)35)24-5-6-25(33)30-26(24)34/h1,3-4,11-13,17,24H,5-10,14-15H2,(H,30,33,34). The second-order valence-electron chi connectivity index (χ2n) is 9.42. The molecule has 6 nitrogen and oxygen atoms in total. The van der Waals surface area contributed by atoms with E-state index in [-0.39, 0.29) is 42.9 Å². The lowest BCUT2D eigenvalue weighted by Crippen LogP contribution is -2.52. The summed E-state index contributed by atoms with van der Waals surface area (Å²) in [5.74, 6) is 0.596. The molecule has 5 rings (SSSR count). The van der Waals surface area contributed by atoms with E-state index in [1.54, 1.807) is 6.07 Å². The van der Waals surface area contributed by atoms with Crippen LogP contribution in [0.15, 0.2) is 30.3 Å². The highest BCUT2D eigenvalue weighted by atomic mass is 19.1. The molecule has 3 heterocycles. The maximum Gasteiger partial charge on any atom is 0.255 e. The minimum Gasteiger partial charge on any atom is -0.322 e. The summed E-state index contributed by atoms with van der Waals surface area (Å²) in [4.78, 5) is 40.7. The van der Waals surface area contributed by atoms with Crippen LogP contribution in [0.4, 0.5) is 8.78 Å². The van der Waals surface area contributed by atoms with Crippen molar-refractivity contribution in [3.8, 4) is 12.3 Å². The number of amides is 3. The third-order valence-electron chi connectivity index (χ3n) is 7.30. The van der Waals surface area contributed by atoms with Crippen LogP contribution in [-0.4, -0.2) is 46.7 Å². The van der Waals surface area contributed by atoms with Crippen molar-refractivity contribution in [3.05, 3.63) is 69.8 Å². The van der Waals surface area contributed by atoms with Gasteiger partial charge in [0.1, 0.15) is 17.7 Å². The number of terminal acetylenes is 1. The molecule has 8 heteroatoms. The van der Waals surface area contributed by atoms with E-state index >= 15 is 0 Å².